The van der Waals surface area contributed by atoms with Gasteiger partial charge >= 0.3 is 6.18 Å². The lowest BCUT2D eigenvalue weighted by atomic mass is 9.58. The van der Waals surface area contributed by atoms with Gasteiger partial charge in [-0.15, -0.1) is 0 Å². The third-order valence-electron chi connectivity index (χ3n) is 11.6. The molecule has 9 heteroatoms. The predicted octanol–water partition coefficient (Wildman–Crippen LogP) is 8.78. The molecule has 40 heavy (non-hydrogen) atoms. The van der Waals surface area contributed by atoms with Crippen molar-refractivity contribution in [2.24, 2.45) is 41.4 Å². The maximum absolute atomic E-state index is 14.7. The van der Waals surface area contributed by atoms with Crippen LogP contribution in [0.4, 0.5) is 22.0 Å². The summed E-state index contributed by atoms with van der Waals surface area (Å²) < 4.78 is 80.0. The van der Waals surface area contributed by atoms with Crippen molar-refractivity contribution in [1.82, 2.24) is 5.32 Å². The summed E-state index contributed by atoms with van der Waals surface area (Å²) >= 11 is 0. The van der Waals surface area contributed by atoms with Crippen LogP contribution in [0.5, 0.6) is 0 Å². The van der Waals surface area contributed by atoms with Gasteiger partial charge in [-0.25, -0.2) is 8.78 Å². The second-order valence-electron chi connectivity index (χ2n) is 15.0. The Kier molecular flexibility index (Phi) is 10.2. The van der Waals surface area contributed by atoms with Gasteiger partial charge in [0.1, 0.15) is 11.8 Å². The Morgan fingerprint density at radius 2 is 1.45 bits per heavy atom. The van der Waals surface area contributed by atoms with Gasteiger partial charge in [0, 0.05) is 24.4 Å². The van der Waals surface area contributed by atoms with Crippen molar-refractivity contribution >= 4 is 14.1 Å². The van der Waals surface area contributed by atoms with Crippen LogP contribution < -0.4 is 5.32 Å². The molecule has 0 aromatic heterocycles. The fraction of sp³-hybridized carbons (Fsp3) is 0.968. The van der Waals surface area contributed by atoms with Gasteiger partial charge in [-0.05, 0) is 61.1 Å². The molecule has 3 nitrogen and oxygen atoms in total. The van der Waals surface area contributed by atoms with Gasteiger partial charge in [-0.3, -0.25) is 10.1 Å². The van der Waals surface area contributed by atoms with Crippen LogP contribution in [0.25, 0.3) is 0 Å². The number of piperidine rings is 1. The molecular weight excluding hydrogens is 541 g/mol. The van der Waals surface area contributed by atoms with Gasteiger partial charge in [0.2, 0.25) is 0 Å². The number of rotatable bonds is 7. The molecule has 0 aromatic rings. The van der Waals surface area contributed by atoms with Crippen molar-refractivity contribution in [3.05, 3.63) is 0 Å². The first-order chi connectivity index (χ1) is 18.6. The zero-order chi connectivity index (χ0) is 29.5. The number of alkyl halides is 5. The molecule has 0 bridgehead atoms. The van der Waals surface area contributed by atoms with Crippen LogP contribution in [0.15, 0.2) is 0 Å². The largest absolute Gasteiger partial charge is 0.416 e. The molecule has 3 saturated carbocycles. The van der Waals surface area contributed by atoms with Crippen molar-refractivity contribution in [1.29, 1.82) is 0 Å². The fourth-order valence-corrected chi connectivity index (χ4v) is 9.42. The van der Waals surface area contributed by atoms with E-state index in [0.29, 0.717) is 37.5 Å². The number of carbonyl (C=O) groups excluding carboxylic acids is 1. The number of hydrogen-bond acceptors (Lipinski definition) is 3. The summed E-state index contributed by atoms with van der Waals surface area (Å²) in [6.07, 6.45) is 3.05. The van der Waals surface area contributed by atoms with Crippen molar-refractivity contribution in [2.45, 2.75) is 141 Å². The summed E-state index contributed by atoms with van der Waals surface area (Å²) in [7, 11) is -2.37. The average molecular weight is 594 g/mol. The van der Waals surface area contributed by atoms with Gasteiger partial charge in [0.25, 0.3) is 6.43 Å². The molecule has 1 aliphatic heterocycles. The fourth-order valence-electron chi connectivity index (χ4n) is 8.38. The first-order valence-corrected chi connectivity index (χ1v) is 18.8. The number of hydrogen-bond donors (Lipinski definition) is 1. The van der Waals surface area contributed by atoms with E-state index in [1.165, 1.54) is 6.42 Å². The molecule has 8 atom stereocenters. The molecule has 0 aromatic carbocycles. The minimum atomic E-state index is -4.78. The highest BCUT2D eigenvalue weighted by molar-refractivity contribution is 6.74. The Balaban J connectivity index is 1.72. The molecule has 1 N–H and O–H groups in total. The number of carbonyl (C=O) groups is 1. The number of Topliss-reactive ketones (excluding diaryl/α,β-unsaturated/α-hetero) is 1. The highest BCUT2D eigenvalue weighted by Crippen LogP contribution is 2.51. The predicted molar refractivity (Wildman–Crippen MR) is 151 cm³/mol. The molecule has 8 unspecified atom stereocenters. The van der Waals surface area contributed by atoms with E-state index >= 15 is 0 Å². The number of ketones is 1. The van der Waals surface area contributed by atoms with E-state index in [9.17, 15) is 26.7 Å². The molecule has 0 spiro atoms. The van der Waals surface area contributed by atoms with Crippen LogP contribution in [0.3, 0.4) is 0 Å². The number of fused-ring (bicyclic) bond motifs is 1. The first kappa shape index (κ1) is 32.4. The molecule has 232 valence electrons. The lowest BCUT2D eigenvalue weighted by molar-refractivity contribution is -0.203. The van der Waals surface area contributed by atoms with Crippen LogP contribution in [0.2, 0.25) is 18.1 Å². The molecule has 4 rings (SSSR count). The third-order valence-corrected chi connectivity index (χ3v) is 16.1. The summed E-state index contributed by atoms with van der Waals surface area (Å²) in [5.41, 5.74) is 0. The number of halogens is 5. The minimum Gasteiger partial charge on any atom is -0.416 e. The second kappa shape index (κ2) is 12.6. The summed E-state index contributed by atoms with van der Waals surface area (Å²) in [5, 5.41) is 2.18. The van der Waals surface area contributed by atoms with E-state index in [1.807, 2.05) is 13.1 Å². The highest BCUT2D eigenvalue weighted by atomic mass is 28.4. The van der Waals surface area contributed by atoms with Gasteiger partial charge < -0.3 is 4.43 Å². The maximum Gasteiger partial charge on any atom is 0.404 e. The standard InChI is InChI=1S/C31H52F5NO2Si/c1-30(2,3)40(4,5)39-18-23-24(20-12-7-6-8-13-20)25(28(31(34,35)36)37-26(23)29(32)33)27(38)22-16-15-19-11-9-10-14-21(19)17-22/h19-26,28-29,37H,6-18H2,1-5H3. The van der Waals surface area contributed by atoms with E-state index in [1.54, 1.807) is 0 Å². The molecule has 4 fully saturated rings. The molecular formula is C31H52F5NO2Si. The zero-order valence-corrected chi connectivity index (χ0v) is 26.2. The van der Waals surface area contributed by atoms with Crippen molar-refractivity contribution in [2.75, 3.05) is 6.61 Å². The van der Waals surface area contributed by atoms with Crippen molar-refractivity contribution in [3.63, 3.8) is 0 Å². The van der Waals surface area contributed by atoms with Crippen LogP contribution in [-0.2, 0) is 9.22 Å². The van der Waals surface area contributed by atoms with Crippen molar-refractivity contribution in [3.8, 4) is 0 Å². The first-order valence-electron chi connectivity index (χ1n) is 15.9. The SMILES string of the molecule is CC(C)(C)[Si](C)(C)OCC1C(C(F)F)NC(C(F)(F)F)C(C(=O)C2CCC3CCCCC3C2)C1C1CCCCC1. The summed E-state index contributed by atoms with van der Waals surface area (Å²) in [6.45, 7) is 10.3. The molecule has 1 saturated heterocycles. The van der Waals surface area contributed by atoms with Crippen LogP contribution in [0.1, 0.15) is 97.8 Å². The van der Waals surface area contributed by atoms with Gasteiger partial charge in [-0.2, -0.15) is 13.2 Å². The smallest absolute Gasteiger partial charge is 0.404 e. The number of nitrogens with one attached hydrogen (secondary N) is 1. The topological polar surface area (TPSA) is 38.3 Å². The molecule has 3 aliphatic carbocycles. The quantitative estimate of drug-likeness (QED) is 0.237. The van der Waals surface area contributed by atoms with E-state index in [-0.39, 0.29) is 23.3 Å². The molecule has 4 aliphatic rings. The monoisotopic (exact) mass is 593 g/mol. The lowest BCUT2D eigenvalue weighted by Crippen LogP contribution is -2.68. The molecule has 0 amide bonds. The van der Waals surface area contributed by atoms with E-state index in [0.717, 1.165) is 44.9 Å². The van der Waals surface area contributed by atoms with Crippen molar-refractivity contribution < 1.29 is 31.2 Å². The highest BCUT2D eigenvalue weighted by Gasteiger charge is 2.60. The summed E-state index contributed by atoms with van der Waals surface area (Å²) in [5.74, 6) is -2.86. The molecule has 1 heterocycles. The van der Waals surface area contributed by atoms with E-state index in [2.05, 4.69) is 26.1 Å². The Bertz CT molecular complexity index is 854. The average Bonchev–Trinajstić information content (AvgIpc) is 2.89. The summed E-state index contributed by atoms with van der Waals surface area (Å²) in [6, 6.07) is -3.89. The molecule has 0 radical (unpaired) electrons. The third kappa shape index (κ3) is 6.98. The van der Waals surface area contributed by atoms with Crippen LogP contribution >= 0.6 is 0 Å². The van der Waals surface area contributed by atoms with E-state index < -0.39 is 56.7 Å². The Labute approximate surface area is 239 Å². The van der Waals surface area contributed by atoms with E-state index in [4.69, 9.17) is 4.43 Å². The Morgan fingerprint density at radius 1 is 0.875 bits per heavy atom. The maximum atomic E-state index is 14.7. The van der Waals surface area contributed by atoms with Gasteiger partial charge in [-0.1, -0.05) is 78.6 Å². The summed E-state index contributed by atoms with van der Waals surface area (Å²) in [4.78, 5) is 14.4. The Morgan fingerprint density at radius 3 is 2.02 bits per heavy atom. The van der Waals surface area contributed by atoms with Gasteiger partial charge in [0.05, 0.1) is 6.04 Å². The Hall–Kier alpha value is -0.543. The van der Waals surface area contributed by atoms with Crippen LogP contribution in [0, 0.1) is 41.4 Å². The second-order valence-corrected chi connectivity index (χ2v) is 19.8. The van der Waals surface area contributed by atoms with Crippen LogP contribution in [-0.4, -0.2) is 45.4 Å². The van der Waals surface area contributed by atoms with Gasteiger partial charge in [0.15, 0.2) is 8.32 Å². The zero-order valence-electron chi connectivity index (χ0n) is 25.2. The minimum absolute atomic E-state index is 0.0244. The lowest BCUT2D eigenvalue weighted by Gasteiger charge is -2.53. The normalized spacial score (nSPS) is 36.9.